The molecule has 2 aliphatic rings. The van der Waals surface area contributed by atoms with Gasteiger partial charge in [0.05, 0.1) is 7.11 Å². The molecule has 3 atom stereocenters. The van der Waals surface area contributed by atoms with Gasteiger partial charge in [0.25, 0.3) is 0 Å². The van der Waals surface area contributed by atoms with Gasteiger partial charge in [-0.2, -0.15) is 0 Å². The van der Waals surface area contributed by atoms with Crippen molar-refractivity contribution in [1.29, 1.82) is 0 Å². The van der Waals surface area contributed by atoms with E-state index in [1.807, 2.05) is 6.07 Å². The molecule has 1 aromatic carbocycles. The van der Waals surface area contributed by atoms with E-state index in [4.69, 9.17) is 10.5 Å². The molecular formula is C16H23NO. The zero-order valence-electron chi connectivity index (χ0n) is 11.2. The molecule has 3 rings (SSSR count). The van der Waals surface area contributed by atoms with Crippen molar-refractivity contribution in [2.24, 2.45) is 23.0 Å². The zero-order chi connectivity index (χ0) is 12.6. The lowest BCUT2D eigenvalue weighted by Gasteiger charge is -2.37. The molecule has 2 N–H and O–H groups in total. The molecule has 2 bridgehead atoms. The fraction of sp³-hybridized carbons (Fsp3) is 0.625. The van der Waals surface area contributed by atoms with Crippen LogP contribution in [0.25, 0.3) is 0 Å². The number of benzene rings is 1. The summed E-state index contributed by atoms with van der Waals surface area (Å²) in [5.41, 5.74) is 7.83. The van der Waals surface area contributed by atoms with Crippen LogP contribution in [0.4, 0.5) is 0 Å². The van der Waals surface area contributed by atoms with Gasteiger partial charge in [-0.3, -0.25) is 0 Å². The number of rotatable bonds is 4. The second-order valence-electron chi connectivity index (χ2n) is 6.14. The van der Waals surface area contributed by atoms with E-state index >= 15 is 0 Å². The Hall–Kier alpha value is -1.02. The predicted octanol–water partition coefficient (Wildman–Crippen LogP) is 3.00. The molecule has 2 heteroatoms. The molecule has 2 saturated carbocycles. The second kappa shape index (κ2) is 4.58. The van der Waals surface area contributed by atoms with Gasteiger partial charge in [-0.15, -0.1) is 0 Å². The maximum atomic E-state index is 6.15. The molecular weight excluding hydrogens is 222 g/mol. The summed E-state index contributed by atoms with van der Waals surface area (Å²) in [6, 6.07) is 8.41. The number of hydrogen-bond acceptors (Lipinski definition) is 2. The number of nitrogens with two attached hydrogens (primary N) is 1. The molecule has 0 amide bonds. The van der Waals surface area contributed by atoms with E-state index in [9.17, 15) is 0 Å². The highest BCUT2D eigenvalue weighted by Gasteiger charge is 2.49. The van der Waals surface area contributed by atoms with Crippen molar-refractivity contribution in [2.45, 2.75) is 32.1 Å². The SMILES string of the molecule is COc1ccccc1CC1(CN)CC2CCC1C2. The van der Waals surface area contributed by atoms with Crippen molar-refractivity contribution in [3.05, 3.63) is 29.8 Å². The lowest BCUT2D eigenvalue weighted by atomic mass is 9.69. The summed E-state index contributed by atoms with van der Waals surface area (Å²) in [5, 5.41) is 0. The third kappa shape index (κ3) is 1.83. The van der Waals surface area contributed by atoms with Gasteiger partial charge in [0.2, 0.25) is 0 Å². The average molecular weight is 245 g/mol. The molecule has 2 aliphatic carbocycles. The van der Waals surface area contributed by atoms with Crippen LogP contribution in [0.3, 0.4) is 0 Å². The molecule has 0 heterocycles. The van der Waals surface area contributed by atoms with Crippen molar-refractivity contribution in [3.63, 3.8) is 0 Å². The minimum Gasteiger partial charge on any atom is -0.496 e. The number of fused-ring (bicyclic) bond motifs is 2. The number of hydrogen-bond donors (Lipinski definition) is 1. The summed E-state index contributed by atoms with van der Waals surface area (Å²) in [6.07, 6.45) is 6.64. The topological polar surface area (TPSA) is 35.2 Å². The molecule has 0 saturated heterocycles. The largest absolute Gasteiger partial charge is 0.496 e. The summed E-state index contributed by atoms with van der Waals surface area (Å²) in [7, 11) is 1.76. The van der Waals surface area contributed by atoms with Crippen LogP contribution in [0.5, 0.6) is 5.75 Å². The van der Waals surface area contributed by atoms with Crippen molar-refractivity contribution >= 4 is 0 Å². The predicted molar refractivity (Wildman–Crippen MR) is 73.6 cm³/mol. The van der Waals surface area contributed by atoms with Crippen LogP contribution >= 0.6 is 0 Å². The first-order valence-electron chi connectivity index (χ1n) is 7.09. The van der Waals surface area contributed by atoms with Crippen molar-refractivity contribution < 1.29 is 4.74 Å². The summed E-state index contributed by atoms with van der Waals surface area (Å²) in [5.74, 6) is 2.80. The van der Waals surface area contributed by atoms with Gasteiger partial charge in [-0.05, 0) is 61.1 Å². The Morgan fingerprint density at radius 3 is 2.78 bits per heavy atom. The normalized spacial score (nSPS) is 33.9. The van der Waals surface area contributed by atoms with E-state index in [2.05, 4.69) is 18.2 Å². The highest BCUT2D eigenvalue weighted by atomic mass is 16.5. The molecule has 2 nitrogen and oxygen atoms in total. The molecule has 98 valence electrons. The number of para-hydroxylation sites is 1. The summed E-state index contributed by atoms with van der Waals surface area (Å²) in [4.78, 5) is 0. The van der Waals surface area contributed by atoms with Gasteiger partial charge in [0.1, 0.15) is 5.75 Å². The smallest absolute Gasteiger partial charge is 0.122 e. The molecule has 1 aromatic rings. The Kier molecular flexibility index (Phi) is 3.06. The van der Waals surface area contributed by atoms with Crippen LogP contribution < -0.4 is 10.5 Å². The van der Waals surface area contributed by atoms with E-state index in [1.54, 1.807) is 7.11 Å². The Balaban J connectivity index is 1.86. The van der Waals surface area contributed by atoms with Crippen molar-refractivity contribution in [3.8, 4) is 5.75 Å². The summed E-state index contributed by atoms with van der Waals surface area (Å²) in [6.45, 7) is 0.826. The fourth-order valence-electron chi connectivity index (χ4n) is 4.33. The van der Waals surface area contributed by atoms with Gasteiger partial charge in [-0.1, -0.05) is 24.6 Å². The van der Waals surface area contributed by atoms with Crippen LogP contribution in [-0.4, -0.2) is 13.7 Å². The minimum atomic E-state index is 0.345. The molecule has 0 aromatic heterocycles. The van der Waals surface area contributed by atoms with E-state index in [0.29, 0.717) is 5.41 Å². The minimum absolute atomic E-state index is 0.345. The zero-order valence-corrected chi connectivity index (χ0v) is 11.2. The lowest BCUT2D eigenvalue weighted by Crippen LogP contribution is -2.38. The Morgan fingerprint density at radius 2 is 2.17 bits per heavy atom. The average Bonchev–Trinajstić information content (AvgIpc) is 3.00. The van der Waals surface area contributed by atoms with Crippen molar-refractivity contribution in [1.82, 2.24) is 0 Å². The Bertz CT molecular complexity index is 431. The van der Waals surface area contributed by atoms with Gasteiger partial charge in [-0.25, -0.2) is 0 Å². The Morgan fingerprint density at radius 1 is 1.33 bits per heavy atom. The van der Waals surface area contributed by atoms with Crippen LogP contribution in [0.2, 0.25) is 0 Å². The molecule has 2 fully saturated rings. The van der Waals surface area contributed by atoms with Crippen LogP contribution in [-0.2, 0) is 6.42 Å². The lowest BCUT2D eigenvalue weighted by molar-refractivity contribution is 0.170. The van der Waals surface area contributed by atoms with E-state index in [1.165, 1.54) is 31.2 Å². The molecule has 3 unspecified atom stereocenters. The molecule has 18 heavy (non-hydrogen) atoms. The van der Waals surface area contributed by atoms with Gasteiger partial charge in [0, 0.05) is 0 Å². The fourth-order valence-corrected chi connectivity index (χ4v) is 4.33. The first-order valence-corrected chi connectivity index (χ1v) is 7.09. The van der Waals surface area contributed by atoms with E-state index in [0.717, 1.165) is 30.6 Å². The quantitative estimate of drug-likeness (QED) is 0.885. The van der Waals surface area contributed by atoms with Gasteiger partial charge >= 0.3 is 0 Å². The molecule has 0 aliphatic heterocycles. The highest BCUT2D eigenvalue weighted by Crippen LogP contribution is 2.57. The number of ether oxygens (including phenoxy) is 1. The van der Waals surface area contributed by atoms with Crippen LogP contribution in [0.15, 0.2) is 24.3 Å². The van der Waals surface area contributed by atoms with Crippen molar-refractivity contribution in [2.75, 3.05) is 13.7 Å². The van der Waals surface area contributed by atoms with Crippen LogP contribution in [0, 0.1) is 17.3 Å². The number of methoxy groups -OCH3 is 1. The van der Waals surface area contributed by atoms with E-state index < -0.39 is 0 Å². The standard InChI is InChI=1S/C16H23NO/c1-18-15-5-3-2-4-13(15)10-16(11-17)9-12-6-7-14(16)8-12/h2-5,12,14H,6-11,17H2,1H3. The first-order chi connectivity index (χ1) is 8.77. The Labute approximate surface area is 110 Å². The molecule has 0 radical (unpaired) electrons. The monoisotopic (exact) mass is 245 g/mol. The van der Waals surface area contributed by atoms with E-state index in [-0.39, 0.29) is 0 Å². The maximum Gasteiger partial charge on any atom is 0.122 e. The maximum absolute atomic E-state index is 6.15. The highest BCUT2D eigenvalue weighted by molar-refractivity contribution is 5.34. The second-order valence-corrected chi connectivity index (χ2v) is 6.14. The third-order valence-electron chi connectivity index (χ3n) is 5.24. The van der Waals surface area contributed by atoms with Gasteiger partial charge < -0.3 is 10.5 Å². The first kappa shape index (κ1) is 12.0. The van der Waals surface area contributed by atoms with Crippen LogP contribution in [0.1, 0.15) is 31.2 Å². The van der Waals surface area contributed by atoms with Gasteiger partial charge in [0.15, 0.2) is 0 Å². The summed E-state index contributed by atoms with van der Waals surface area (Å²) >= 11 is 0. The molecule has 0 spiro atoms. The summed E-state index contributed by atoms with van der Waals surface area (Å²) < 4.78 is 5.48. The third-order valence-corrected chi connectivity index (χ3v) is 5.24.